The second kappa shape index (κ2) is 6.45. The topological polar surface area (TPSA) is 23.6 Å². The lowest BCUT2D eigenvalue weighted by atomic mass is 9.96. The summed E-state index contributed by atoms with van der Waals surface area (Å²) in [5.41, 5.74) is 0. The lowest BCUT2D eigenvalue weighted by molar-refractivity contribution is -0.131. The number of halogens is 1. The van der Waals surface area contributed by atoms with E-state index in [1.54, 1.807) is 0 Å². The fourth-order valence-corrected chi connectivity index (χ4v) is 2.35. The van der Waals surface area contributed by atoms with Gasteiger partial charge in [-0.1, -0.05) is 0 Å². The van der Waals surface area contributed by atoms with Gasteiger partial charge in [-0.05, 0) is 52.7 Å². The quantitative estimate of drug-likeness (QED) is 0.707. The van der Waals surface area contributed by atoms with Gasteiger partial charge in [0.2, 0.25) is 5.91 Å². The lowest BCUT2D eigenvalue weighted by Gasteiger charge is -2.34. The van der Waals surface area contributed by atoms with Gasteiger partial charge in [-0.2, -0.15) is 0 Å². The van der Waals surface area contributed by atoms with Gasteiger partial charge in [-0.15, -0.1) is 11.6 Å². The van der Waals surface area contributed by atoms with Crippen molar-refractivity contribution in [2.75, 3.05) is 32.6 Å². The van der Waals surface area contributed by atoms with Gasteiger partial charge in [0.15, 0.2) is 0 Å². The van der Waals surface area contributed by atoms with E-state index in [0.717, 1.165) is 19.6 Å². The molecule has 0 unspecified atom stereocenters. The molecular formula is C12H23ClN2O. The molecule has 1 fully saturated rings. The number of hydrogen-bond acceptors (Lipinski definition) is 2. The van der Waals surface area contributed by atoms with Crippen LogP contribution < -0.4 is 0 Å². The summed E-state index contributed by atoms with van der Waals surface area (Å²) >= 11 is 5.63. The summed E-state index contributed by atoms with van der Waals surface area (Å²) in [6.45, 7) is 7.27. The van der Waals surface area contributed by atoms with Gasteiger partial charge in [0.1, 0.15) is 5.88 Å². The second-order valence-electron chi connectivity index (χ2n) is 5.02. The normalized spacial score (nSPS) is 19.1. The molecule has 0 atom stereocenters. The number of piperidine rings is 1. The molecule has 16 heavy (non-hydrogen) atoms. The molecule has 0 bridgehead atoms. The predicted molar refractivity (Wildman–Crippen MR) is 67.8 cm³/mol. The molecule has 94 valence electrons. The molecule has 4 heteroatoms. The second-order valence-corrected chi connectivity index (χ2v) is 5.29. The third-order valence-corrected chi connectivity index (χ3v) is 3.58. The maximum atomic E-state index is 11.7. The summed E-state index contributed by atoms with van der Waals surface area (Å²) in [7, 11) is 2.15. The zero-order valence-corrected chi connectivity index (χ0v) is 11.3. The van der Waals surface area contributed by atoms with Crippen molar-refractivity contribution in [3.05, 3.63) is 0 Å². The van der Waals surface area contributed by atoms with Gasteiger partial charge >= 0.3 is 0 Å². The third kappa shape index (κ3) is 3.95. The van der Waals surface area contributed by atoms with E-state index in [4.69, 9.17) is 11.6 Å². The van der Waals surface area contributed by atoms with Crippen LogP contribution in [0.1, 0.15) is 26.7 Å². The first kappa shape index (κ1) is 13.8. The van der Waals surface area contributed by atoms with Crippen LogP contribution in [0.5, 0.6) is 0 Å². The average molecular weight is 247 g/mol. The highest BCUT2D eigenvalue weighted by molar-refractivity contribution is 6.27. The van der Waals surface area contributed by atoms with Crippen molar-refractivity contribution in [1.82, 2.24) is 9.80 Å². The van der Waals surface area contributed by atoms with Crippen molar-refractivity contribution >= 4 is 17.5 Å². The minimum atomic E-state index is 0.0654. The molecule has 0 spiro atoms. The number of likely N-dealkylation sites (tertiary alicyclic amines) is 1. The van der Waals surface area contributed by atoms with Crippen molar-refractivity contribution in [3.63, 3.8) is 0 Å². The number of hydrogen-bond donors (Lipinski definition) is 0. The maximum absolute atomic E-state index is 11.7. The summed E-state index contributed by atoms with van der Waals surface area (Å²) < 4.78 is 0. The molecule has 0 saturated carbocycles. The van der Waals surface area contributed by atoms with Crippen molar-refractivity contribution < 1.29 is 4.79 Å². The summed E-state index contributed by atoms with van der Waals surface area (Å²) in [4.78, 5) is 15.9. The van der Waals surface area contributed by atoms with Gasteiger partial charge in [-0.25, -0.2) is 0 Å². The van der Waals surface area contributed by atoms with E-state index in [-0.39, 0.29) is 17.8 Å². The first-order valence-corrected chi connectivity index (χ1v) is 6.62. The Labute approximate surface area is 104 Å². The minimum Gasteiger partial charge on any atom is -0.339 e. The maximum Gasteiger partial charge on any atom is 0.237 e. The van der Waals surface area contributed by atoms with Gasteiger partial charge in [0, 0.05) is 12.6 Å². The Morgan fingerprint density at radius 2 is 2.00 bits per heavy atom. The zero-order valence-electron chi connectivity index (χ0n) is 10.6. The van der Waals surface area contributed by atoms with E-state index < -0.39 is 0 Å². The lowest BCUT2D eigenvalue weighted by Crippen LogP contribution is -2.43. The Morgan fingerprint density at radius 1 is 1.44 bits per heavy atom. The number of rotatable bonds is 4. The number of amides is 1. The van der Waals surface area contributed by atoms with E-state index in [1.807, 2.05) is 4.90 Å². The molecule has 1 aliphatic rings. The van der Waals surface area contributed by atoms with E-state index in [0.29, 0.717) is 5.92 Å². The Morgan fingerprint density at radius 3 is 2.44 bits per heavy atom. The fourth-order valence-electron chi connectivity index (χ4n) is 2.20. The largest absolute Gasteiger partial charge is 0.339 e. The van der Waals surface area contributed by atoms with E-state index >= 15 is 0 Å². The van der Waals surface area contributed by atoms with Crippen molar-refractivity contribution in [2.45, 2.75) is 32.7 Å². The number of nitrogens with zero attached hydrogens (tertiary/aromatic N) is 2. The summed E-state index contributed by atoms with van der Waals surface area (Å²) in [6, 6.07) is 0.255. The van der Waals surface area contributed by atoms with Crippen molar-refractivity contribution in [2.24, 2.45) is 5.92 Å². The standard InChI is InChI=1S/C12H23ClN2O/c1-10(2)15(12(16)8-13)9-11-4-6-14(3)7-5-11/h10-11H,4-9H2,1-3H3. The van der Waals surface area contributed by atoms with Gasteiger partial charge in [0.05, 0.1) is 0 Å². The summed E-state index contributed by atoms with van der Waals surface area (Å²) in [5.74, 6) is 0.812. The van der Waals surface area contributed by atoms with Crippen LogP contribution >= 0.6 is 11.6 Å². The first-order chi connectivity index (χ1) is 7.54. The van der Waals surface area contributed by atoms with Crippen LogP contribution in [0.15, 0.2) is 0 Å². The van der Waals surface area contributed by atoms with E-state index in [2.05, 4.69) is 25.8 Å². The molecule has 0 aromatic carbocycles. The molecule has 0 aliphatic carbocycles. The highest BCUT2D eigenvalue weighted by Gasteiger charge is 2.23. The Hall–Kier alpha value is -0.280. The molecule has 1 heterocycles. The number of alkyl halides is 1. The van der Waals surface area contributed by atoms with Crippen LogP contribution in [0, 0.1) is 5.92 Å². The van der Waals surface area contributed by atoms with Crippen LogP contribution in [-0.2, 0) is 4.79 Å². The van der Waals surface area contributed by atoms with Crippen molar-refractivity contribution in [1.29, 1.82) is 0 Å². The van der Waals surface area contributed by atoms with Gasteiger partial charge in [-0.3, -0.25) is 4.79 Å². The molecule has 3 nitrogen and oxygen atoms in total. The Kier molecular flexibility index (Phi) is 5.56. The Balaban J connectivity index is 2.45. The predicted octanol–water partition coefficient (Wildman–Crippen LogP) is 1.80. The minimum absolute atomic E-state index is 0.0654. The monoisotopic (exact) mass is 246 g/mol. The Bertz CT molecular complexity index is 225. The molecule has 1 rings (SSSR count). The molecule has 1 saturated heterocycles. The van der Waals surface area contributed by atoms with E-state index in [1.165, 1.54) is 12.8 Å². The average Bonchev–Trinajstić information content (AvgIpc) is 2.27. The van der Waals surface area contributed by atoms with Crippen LogP contribution in [0.2, 0.25) is 0 Å². The van der Waals surface area contributed by atoms with Gasteiger partial charge in [0.25, 0.3) is 0 Å². The van der Waals surface area contributed by atoms with Crippen molar-refractivity contribution in [3.8, 4) is 0 Å². The zero-order chi connectivity index (χ0) is 12.1. The van der Waals surface area contributed by atoms with Crippen LogP contribution in [-0.4, -0.2) is 54.3 Å². The third-order valence-electron chi connectivity index (χ3n) is 3.35. The van der Waals surface area contributed by atoms with Crippen LogP contribution in [0.25, 0.3) is 0 Å². The van der Waals surface area contributed by atoms with Crippen LogP contribution in [0.3, 0.4) is 0 Å². The molecular weight excluding hydrogens is 224 g/mol. The molecule has 1 amide bonds. The van der Waals surface area contributed by atoms with Crippen LogP contribution in [0.4, 0.5) is 0 Å². The molecule has 0 aromatic heterocycles. The smallest absolute Gasteiger partial charge is 0.237 e. The molecule has 0 N–H and O–H groups in total. The first-order valence-electron chi connectivity index (χ1n) is 6.08. The van der Waals surface area contributed by atoms with Gasteiger partial charge < -0.3 is 9.80 Å². The summed E-state index contributed by atoms with van der Waals surface area (Å²) in [5, 5.41) is 0. The SMILES string of the molecule is CC(C)N(CC1CCN(C)CC1)C(=O)CCl. The molecule has 0 aromatic rings. The highest BCUT2D eigenvalue weighted by Crippen LogP contribution is 2.18. The fraction of sp³-hybridized carbons (Fsp3) is 0.917. The summed E-state index contributed by atoms with van der Waals surface area (Å²) in [6.07, 6.45) is 2.38. The number of carbonyl (C=O) groups excluding carboxylic acids is 1. The molecule has 1 aliphatic heterocycles. The highest BCUT2D eigenvalue weighted by atomic mass is 35.5. The van der Waals surface area contributed by atoms with E-state index in [9.17, 15) is 4.79 Å². The number of carbonyl (C=O) groups is 1. The molecule has 0 radical (unpaired) electrons.